The summed E-state index contributed by atoms with van der Waals surface area (Å²) in [7, 11) is 0. The molecule has 14 heavy (non-hydrogen) atoms. The number of aliphatic hydroxyl groups excluding tert-OH is 1. The van der Waals surface area contributed by atoms with E-state index in [1.807, 2.05) is 18.2 Å². The van der Waals surface area contributed by atoms with Crippen LogP contribution in [0, 0.1) is 5.92 Å². The molecule has 1 aliphatic rings. The predicted octanol–water partition coefficient (Wildman–Crippen LogP) is 3.04. The molecule has 1 aliphatic carbocycles. The van der Waals surface area contributed by atoms with Crippen molar-refractivity contribution in [2.75, 3.05) is 0 Å². The second kappa shape index (κ2) is 4.33. The monoisotopic (exact) mass is 210 g/mol. The first-order valence-corrected chi connectivity index (χ1v) is 5.56. The van der Waals surface area contributed by atoms with Crippen LogP contribution in [-0.2, 0) is 6.42 Å². The van der Waals surface area contributed by atoms with Gasteiger partial charge >= 0.3 is 0 Å². The highest BCUT2D eigenvalue weighted by Crippen LogP contribution is 2.29. The summed E-state index contributed by atoms with van der Waals surface area (Å²) >= 11 is 5.90. The lowest BCUT2D eigenvalue weighted by Crippen LogP contribution is -2.15. The van der Waals surface area contributed by atoms with Crippen molar-refractivity contribution in [1.29, 1.82) is 0 Å². The van der Waals surface area contributed by atoms with Crippen molar-refractivity contribution in [3.8, 4) is 0 Å². The molecular weight excluding hydrogens is 196 g/mol. The van der Waals surface area contributed by atoms with Gasteiger partial charge in [-0.2, -0.15) is 0 Å². The zero-order valence-corrected chi connectivity index (χ0v) is 8.87. The van der Waals surface area contributed by atoms with E-state index in [0.29, 0.717) is 5.92 Å². The maximum Gasteiger partial charge on any atom is 0.0571 e. The van der Waals surface area contributed by atoms with E-state index in [1.54, 1.807) is 0 Å². The van der Waals surface area contributed by atoms with E-state index >= 15 is 0 Å². The van der Waals surface area contributed by atoms with E-state index < -0.39 is 0 Å². The summed E-state index contributed by atoms with van der Waals surface area (Å²) in [6.07, 6.45) is 4.13. The molecule has 0 aromatic heterocycles. The summed E-state index contributed by atoms with van der Waals surface area (Å²) in [6, 6.07) is 7.93. The highest BCUT2D eigenvalue weighted by Gasteiger charge is 2.24. The number of hydrogen-bond acceptors (Lipinski definition) is 1. The lowest BCUT2D eigenvalue weighted by Gasteiger charge is -2.14. The van der Waals surface area contributed by atoms with Gasteiger partial charge in [0.1, 0.15) is 0 Å². The molecule has 0 unspecified atom stereocenters. The largest absolute Gasteiger partial charge is 0.393 e. The molecule has 0 heterocycles. The van der Waals surface area contributed by atoms with Crippen molar-refractivity contribution < 1.29 is 5.11 Å². The quantitative estimate of drug-likeness (QED) is 0.796. The Morgan fingerprint density at radius 1 is 1.36 bits per heavy atom. The Morgan fingerprint density at radius 3 is 2.86 bits per heavy atom. The molecular formula is C12H15ClO. The van der Waals surface area contributed by atoms with Gasteiger partial charge in [-0.1, -0.05) is 30.2 Å². The Bertz CT molecular complexity index is 311. The Hall–Kier alpha value is -0.530. The molecule has 1 aromatic carbocycles. The van der Waals surface area contributed by atoms with E-state index in [9.17, 15) is 5.11 Å². The molecule has 1 aromatic rings. The van der Waals surface area contributed by atoms with Crippen LogP contribution in [0.5, 0.6) is 0 Å². The second-order valence-corrected chi connectivity index (χ2v) is 4.53. The van der Waals surface area contributed by atoms with Crippen LogP contribution in [0.25, 0.3) is 0 Å². The summed E-state index contributed by atoms with van der Waals surface area (Å²) in [5.41, 5.74) is 1.24. The second-order valence-electron chi connectivity index (χ2n) is 4.09. The number of rotatable bonds is 2. The molecule has 0 amide bonds. The third-order valence-corrected chi connectivity index (χ3v) is 3.24. The van der Waals surface area contributed by atoms with Crippen molar-refractivity contribution in [3.05, 3.63) is 34.9 Å². The van der Waals surface area contributed by atoms with Crippen molar-refractivity contribution in [2.24, 2.45) is 5.92 Å². The van der Waals surface area contributed by atoms with Gasteiger partial charge in [-0.25, -0.2) is 0 Å². The zero-order chi connectivity index (χ0) is 9.97. The molecule has 0 bridgehead atoms. The number of hydrogen-bond donors (Lipinski definition) is 1. The number of aliphatic hydroxyl groups is 1. The van der Waals surface area contributed by atoms with Crippen LogP contribution >= 0.6 is 11.6 Å². The van der Waals surface area contributed by atoms with E-state index in [2.05, 4.69) is 6.07 Å². The predicted molar refractivity (Wildman–Crippen MR) is 58.5 cm³/mol. The van der Waals surface area contributed by atoms with Crippen LogP contribution in [0.3, 0.4) is 0 Å². The van der Waals surface area contributed by atoms with Crippen LogP contribution in [0.4, 0.5) is 0 Å². The van der Waals surface area contributed by atoms with Crippen LogP contribution in [0.2, 0.25) is 5.02 Å². The smallest absolute Gasteiger partial charge is 0.0571 e. The molecule has 0 spiro atoms. The van der Waals surface area contributed by atoms with Crippen molar-refractivity contribution in [1.82, 2.24) is 0 Å². The van der Waals surface area contributed by atoms with E-state index in [1.165, 1.54) is 5.56 Å². The van der Waals surface area contributed by atoms with E-state index in [0.717, 1.165) is 30.7 Å². The third-order valence-electron chi connectivity index (χ3n) is 3.01. The van der Waals surface area contributed by atoms with Gasteiger partial charge in [0, 0.05) is 5.02 Å². The first-order valence-electron chi connectivity index (χ1n) is 5.18. The van der Waals surface area contributed by atoms with Crippen LogP contribution in [0.15, 0.2) is 24.3 Å². The van der Waals surface area contributed by atoms with Gasteiger partial charge in [-0.3, -0.25) is 0 Å². The lowest BCUT2D eigenvalue weighted by molar-refractivity contribution is 0.132. The molecule has 1 saturated carbocycles. The minimum atomic E-state index is -0.103. The van der Waals surface area contributed by atoms with E-state index in [4.69, 9.17) is 11.6 Å². The van der Waals surface area contributed by atoms with Crippen LogP contribution in [0.1, 0.15) is 24.8 Å². The van der Waals surface area contributed by atoms with Gasteiger partial charge in [-0.05, 0) is 42.9 Å². The summed E-state index contributed by atoms with van der Waals surface area (Å²) in [5, 5.41) is 10.5. The van der Waals surface area contributed by atoms with Gasteiger partial charge in [0.15, 0.2) is 0 Å². The Balaban J connectivity index is 2.03. The number of halogens is 1. The third kappa shape index (κ3) is 2.28. The average molecular weight is 211 g/mol. The Morgan fingerprint density at radius 2 is 2.21 bits per heavy atom. The Kier molecular flexibility index (Phi) is 3.09. The van der Waals surface area contributed by atoms with Gasteiger partial charge in [0.25, 0.3) is 0 Å². The van der Waals surface area contributed by atoms with E-state index in [-0.39, 0.29) is 6.10 Å². The average Bonchev–Trinajstić information content (AvgIpc) is 2.52. The zero-order valence-electron chi connectivity index (χ0n) is 8.12. The van der Waals surface area contributed by atoms with Crippen LogP contribution < -0.4 is 0 Å². The maximum atomic E-state index is 9.69. The highest BCUT2D eigenvalue weighted by atomic mass is 35.5. The normalized spacial score (nSPS) is 26.7. The van der Waals surface area contributed by atoms with Gasteiger partial charge in [-0.15, -0.1) is 0 Å². The highest BCUT2D eigenvalue weighted by molar-refractivity contribution is 6.30. The fraction of sp³-hybridized carbons (Fsp3) is 0.500. The minimum Gasteiger partial charge on any atom is -0.393 e. The molecule has 76 valence electrons. The SMILES string of the molecule is O[C@@H]1CCC[C@@H]1Cc1cccc(Cl)c1. The molecule has 0 aliphatic heterocycles. The molecule has 2 heteroatoms. The summed E-state index contributed by atoms with van der Waals surface area (Å²) < 4.78 is 0. The topological polar surface area (TPSA) is 20.2 Å². The Labute approximate surface area is 89.7 Å². The fourth-order valence-corrected chi connectivity index (χ4v) is 2.43. The molecule has 0 radical (unpaired) electrons. The molecule has 1 fully saturated rings. The molecule has 1 N–H and O–H groups in total. The summed E-state index contributed by atoms with van der Waals surface area (Å²) in [6.45, 7) is 0. The molecule has 0 saturated heterocycles. The standard InChI is InChI=1S/C12H15ClO/c13-11-5-1-3-9(8-11)7-10-4-2-6-12(10)14/h1,3,5,8,10,12,14H,2,4,6-7H2/t10-,12-/m1/s1. The molecule has 2 atom stereocenters. The van der Waals surface area contributed by atoms with Gasteiger partial charge in [0.05, 0.1) is 6.10 Å². The summed E-state index contributed by atoms with van der Waals surface area (Å²) in [5.74, 6) is 0.438. The van der Waals surface area contributed by atoms with Gasteiger partial charge in [0.2, 0.25) is 0 Å². The fourth-order valence-electron chi connectivity index (χ4n) is 2.22. The van der Waals surface area contributed by atoms with Crippen LogP contribution in [-0.4, -0.2) is 11.2 Å². The lowest BCUT2D eigenvalue weighted by atomic mass is 9.96. The first kappa shape index (κ1) is 10.0. The minimum absolute atomic E-state index is 0.103. The van der Waals surface area contributed by atoms with Crippen molar-refractivity contribution in [2.45, 2.75) is 31.8 Å². The van der Waals surface area contributed by atoms with Crippen molar-refractivity contribution >= 4 is 11.6 Å². The van der Waals surface area contributed by atoms with Crippen molar-refractivity contribution in [3.63, 3.8) is 0 Å². The summed E-state index contributed by atoms with van der Waals surface area (Å²) in [4.78, 5) is 0. The first-order chi connectivity index (χ1) is 6.75. The maximum absolute atomic E-state index is 9.69. The van der Waals surface area contributed by atoms with Gasteiger partial charge < -0.3 is 5.11 Å². The molecule has 1 nitrogen and oxygen atoms in total. The number of benzene rings is 1. The molecule has 2 rings (SSSR count).